The van der Waals surface area contributed by atoms with Crippen LogP contribution in [0.3, 0.4) is 0 Å². The summed E-state index contributed by atoms with van der Waals surface area (Å²) in [6.45, 7) is 3.99. The van der Waals surface area contributed by atoms with Crippen LogP contribution in [0.2, 0.25) is 10.0 Å². The summed E-state index contributed by atoms with van der Waals surface area (Å²) < 4.78 is 10.9. The molecular formula is C19H12Cl2O4S. The number of aliphatic hydroxyl groups is 1. The van der Waals surface area contributed by atoms with Crippen molar-refractivity contribution in [2.45, 2.75) is 9.83 Å². The summed E-state index contributed by atoms with van der Waals surface area (Å²) in [6, 6.07) is 11.4. The molecule has 0 saturated carbocycles. The van der Waals surface area contributed by atoms with Gasteiger partial charge in [-0.05, 0) is 42.0 Å². The van der Waals surface area contributed by atoms with Gasteiger partial charge in [0.05, 0.1) is 5.02 Å². The van der Waals surface area contributed by atoms with E-state index >= 15 is 0 Å². The van der Waals surface area contributed by atoms with Crippen molar-refractivity contribution >= 4 is 51.5 Å². The standard InChI is InChI=1S/C19H12Cl2O4S/c1-10-18-12-3-7-17(22)25-14(12)5-6-16(18)26-19(10,23)9-24-15-4-2-11(20)8-13(15)21/h2-8,23H,1,9H2. The Morgan fingerprint density at radius 1 is 1.19 bits per heavy atom. The van der Waals surface area contributed by atoms with Gasteiger partial charge in [0.15, 0.2) is 4.93 Å². The molecule has 3 aromatic rings. The average Bonchev–Trinajstić information content (AvgIpc) is 2.85. The van der Waals surface area contributed by atoms with E-state index in [0.717, 1.165) is 15.8 Å². The van der Waals surface area contributed by atoms with E-state index < -0.39 is 10.6 Å². The second-order valence-electron chi connectivity index (χ2n) is 5.83. The van der Waals surface area contributed by atoms with Gasteiger partial charge in [0, 0.05) is 26.9 Å². The maximum absolute atomic E-state index is 11.4. The molecule has 26 heavy (non-hydrogen) atoms. The van der Waals surface area contributed by atoms with Crippen molar-refractivity contribution in [1.29, 1.82) is 0 Å². The quantitative estimate of drug-likeness (QED) is 0.621. The molecule has 1 unspecified atom stereocenters. The summed E-state index contributed by atoms with van der Waals surface area (Å²) in [6.07, 6.45) is 0. The first-order valence-corrected chi connectivity index (χ1v) is 9.20. The molecule has 0 fully saturated rings. The summed E-state index contributed by atoms with van der Waals surface area (Å²) in [5, 5.41) is 12.7. The van der Waals surface area contributed by atoms with Crippen molar-refractivity contribution in [2.75, 3.05) is 6.61 Å². The molecule has 1 aromatic heterocycles. The number of hydrogen-bond donors (Lipinski definition) is 1. The Morgan fingerprint density at radius 2 is 2.00 bits per heavy atom. The Kier molecular flexibility index (Phi) is 4.28. The van der Waals surface area contributed by atoms with Crippen LogP contribution in [0, 0.1) is 0 Å². The fraction of sp³-hybridized carbons (Fsp3) is 0.105. The fourth-order valence-corrected chi connectivity index (χ4v) is 4.49. The first kappa shape index (κ1) is 17.5. The molecule has 4 rings (SSSR count). The highest BCUT2D eigenvalue weighted by Crippen LogP contribution is 2.52. The van der Waals surface area contributed by atoms with Crippen molar-refractivity contribution in [1.82, 2.24) is 0 Å². The van der Waals surface area contributed by atoms with Crippen LogP contribution in [0.15, 0.2) is 63.2 Å². The molecule has 132 valence electrons. The van der Waals surface area contributed by atoms with Gasteiger partial charge < -0.3 is 14.3 Å². The topological polar surface area (TPSA) is 59.7 Å². The molecule has 1 atom stereocenters. The number of ether oxygens (including phenoxy) is 1. The Hall–Kier alpha value is -1.92. The van der Waals surface area contributed by atoms with E-state index in [2.05, 4.69) is 6.58 Å². The van der Waals surface area contributed by atoms with Gasteiger partial charge in [0.1, 0.15) is 17.9 Å². The van der Waals surface area contributed by atoms with Crippen LogP contribution in [0.25, 0.3) is 16.5 Å². The SMILES string of the molecule is C=C1c2c(ccc3oc(=O)ccc23)SC1(O)COc1ccc(Cl)cc1Cl. The lowest BCUT2D eigenvalue weighted by Gasteiger charge is -2.23. The molecule has 0 bridgehead atoms. The molecule has 0 radical (unpaired) electrons. The monoisotopic (exact) mass is 406 g/mol. The zero-order valence-electron chi connectivity index (χ0n) is 13.3. The molecule has 7 heteroatoms. The predicted octanol–water partition coefficient (Wildman–Crippen LogP) is 4.99. The van der Waals surface area contributed by atoms with Crippen molar-refractivity contribution in [3.8, 4) is 5.75 Å². The summed E-state index contributed by atoms with van der Waals surface area (Å²) in [7, 11) is 0. The van der Waals surface area contributed by atoms with Crippen LogP contribution >= 0.6 is 35.0 Å². The Morgan fingerprint density at radius 3 is 2.77 bits per heavy atom. The minimum absolute atomic E-state index is 0.0508. The second-order valence-corrected chi connectivity index (χ2v) is 8.00. The Balaban J connectivity index is 1.66. The highest BCUT2D eigenvalue weighted by Gasteiger charge is 2.42. The van der Waals surface area contributed by atoms with Crippen molar-refractivity contribution < 1.29 is 14.3 Å². The minimum atomic E-state index is -1.37. The normalized spacial score (nSPS) is 19.0. The van der Waals surface area contributed by atoms with Crippen LogP contribution in [0.4, 0.5) is 0 Å². The van der Waals surface area contributed by atoms with E-state index in [1.165, 1.54) is 17.8 Å². The van der Waals surface area contributed by atoms with Gasteiger partial charge in [-0.25, -0.2) is 4.79 Å². The molecule has 1 N–H and O–H groups in total. The summed E-state index contributed by atoms with van der Waals surface area (Å²) >= 11 is 13.2. The summed E-state index contributed by atoms with van der Waals surface area (Å²) in [5.74, 6) is 0.421. The molecule has 0 amide bonds. The van der Waals surface area contributed by atoms with E-state index in [1.807, 2.05) is 0 Å². The number of fused-ring (bicyclic) bond motifs is 3. The van der Waals surface area contributed by atoms with Crippen LogP contribution in [0.1, 0.15) is 5.56 Å². The molecule has 0 aliphatic carbocycles. The molecule has 1 aliphatic heterocycles. The third-order valence-electron chi connectivity index (χ3n) is 4.13. The first-order chi connectivity index (χ1) is 12.4. The van der Waals surface area contributed by atoms with Crippen LogP contribution < -0.4 is 10.4 Å². The molecule has 0 saturated heterocycles. The number of halogens is 2. The maximum atomic E-state index is 11.4. The number of thioether (sulfide) groups is 1. The maximum Gasteiger partial charge on any atom is 0.336 e. The largest absolute Gasteiger partial charge is 0.488 e. The lowest BCUT2D eigenvalue weighted by molar-refractivity contribution is 0.126. The molecule has 4 nitrogen and oxygen atoms in total. The van der Waals surface area contributed by atoms with Gasteiger partial charge in [-0.1, -0.05) is 41.5 Å². The van der Waals surface area contributed by atoms with Crippen molar-refractivity contribution in [2.24, 2.45) is 0 Å². The number of benzene rings is 2. The summed E-state index contributed by atoms with van der Waals surface area (Å²) in [4.78, 5) is 10.9. The molecular weight excluding hydrogens is 395 g/mol. The Bertz CT molecular complexity index is 1110. The third kappa shape index (κ3) is 2.91. The van der Waals surface area contributed by atoms with E-state index in [1.54, 1.807) is 36.4 Å². The van der Waals surface area contributed by atoms with Crippen LogP contribution in [-0.2, 0) is 0 Å². The molecule has 0 spiro atoms. The van der Waals surface area contributed by atoms with Gasteiger partial charge >= 0.3 is 5.63 Å². The minimum Gasteiger partial charge on any atom is -0.488 e. The van der Waals surface area contributed by atoms with Gasteiger partial charge in [-0.3, -0.25) is 0 Å². The predicted molar refractivity (Wildman–Crippen MR) is 104 cm³/mol. The number of rotatable bonds is 3. The third-order valence-corrected chi connectivity index (χ3v) is 5.93. The van der Waals surface area contributed by atoms with Crippen LogP contribution in [-0.4, -0.2) is 16.6 Å². The zero-order chi connectivity index (χ0) is 18.5. The smallest absolute Gasteiger partial charge is 0.336 e. The van der Waals surface area contributed by atoms with Crippen molar-refractivity contribution in [3.05, 3.63) is 75.1 Å². The highest BCUT2D eigenvalue weighted by atomic mass is 35.5. The van der Waals surface area contributed by atoms with Crippen molar-refractivity contribution in [3.63, 3.8) is 0 Å². The fourth-order valence-electron chi connectivity index (χ4n) is 2.85. The molecule has 1 aliphatic rings. The van der Waals surface area contributed by atoms with E-state index in [0.29, 0.717) is 27.0 Å². The number of hydrogen-bond acceptors (Lipinski definition) is 5. The lowest BCUT2D eigenvalue weighted by Crippen LogP contribution is -2.30. The van der Waals surface area contributed by atoms with Crippen LogP contribution in [0.5, 0.6) is 5.75 Å². The second kappa shape index (κ2) is 6.35. The van der Waals surface area contributed by atoms with Gasteiger partial charge in [0.2, 0.25) is 0 Å². The average molecular weight is 407 g/mol. The Labute approximate surface area is 163 Å². The first-order valence-electron chi connectivity index (χ1n) is 7.63. The highest BCUT2D eigenvalue weighted by molar-refractivity contribution is 8.01. The van der Waals surface area contributed by atoms with E-state index in [9.17, 15) is 9.90 Å². The van der Waals surface area contributed by atoms with Gasteiger partial charge in [-0.15, -0.1) is 0 Å². The molecule has 2 aromatic carbocycles. The van der Waals surface area contributed by atoms with E-state index in [-0.39, 0.29) is 6.61 Å². The van der Waals surface area contributed by atoms with Gasteiger partial charge in [0.25, 0.3) is 0 Å². The van der Waals surface area contributed by atoms with Gasteiger partial charge in [-0.2, -0.15) is 0 Å². The molecule has 2 heterocycles. The zero-order valence-corrected chi connectivity index (χ0v) is 15.6. The summed E-state index contributed by atoms with van der Waals surface area (Å²) in [5.41, 5.74) is 1.26. The van der Waals surface area contributed by atoms with E-state index in [4.69, 9.17) is 32.4 Å². The lowest BCUT2D eigenvalue weighted by atomic mass is 9.98.